The van der Waals surface area contributed by atoms with Gasteiger partial charge in [-0.1, -0.05) is 11.6 Å². The quantitative estimate of drug-likeness (QED) is 0.705. The largest absolute Gasteiger partial charge is 0.262 e. The van der Waals surface area contributed by atoms with Crippen LogP contribution >= 0.6 is 22.3 Å². The fourth-order valence-corrected chi connectivity index (χ4v) is 1.95. The lowest BCUT2D eigenvalue weighted by atomic mass is 10.2. The Morgan fingerprint density at radius 2 is 2.15 bits per heavy atom. The number of benzene rings is 1. The van der Waals surface area contributed by atoms with Gasteiger partial charge in [0.2, 0.25) is 0 Å². The molecule has 0 heterocycles. The van der Waals surface area contributed by atoms with Crippen molar-refractivity contribution < 1.29 is 12.5 Å². The van der Waals surface area contributed by atoms with Crippen molar-refractivity contribution in [1.82, 2.24) is 0 Å². The van der Waals surface area contributed by atoms with Crippen LogP contribution in [0.5, 0.6) is 0 Å². The van der Waals surface area contributed by atoms with Crippen molar-refractivity contribution in [2.24, 2.45) is 0 Å². The second kappa shape index (κ2) is 3.54. The van der Waals surface area contributed by atoms with Gasteiger partial charge in [0.05, 0.1) is 20.8 Å². The van der Waals surface area contributed by atoms with Gasteiger partial charge in [-0.25, -0.2) is 8.42 Å². The van der Waals surface area contributed by atoms with Crippen molar-refractivity contribution in [3.05, 3.63) is 28.7 Å². The Morgan fingerprint density at radius 3 is 2.62 bits per heavy atom. The molecule has 13 heavy (non-hydrogen) atoms. The minimum atomic E-state index is -4.34. The van der Waals surface area contributed by atoms with E-state index in [9.17, 15) is 8.42 Å². The third kappa shape index (κ3) is 2.34. The summed E-state index contributed by atoms with van der Waals surface area (Å²) in [6.07, 6.45) is 0. The van der Waals surface area contributed by atoms with Crippen LogP contribution in [0.25, 0.3) is 0 Å². The molecule has 0 N–H and O–H groups in total. The molecule has 0 aromatic heterocycles. The van der Waals surface area contributed by atoms with Crippen molar-refractivity contribution >= 4 is 31.3 Å². The van der Waals surface area contributed by atoms with Gasteiger partial charge in [0.1, 0.15) is 4.90 Å². The van der Waals surface area contributed by atoms with Gasteiger partial charge in [-0.15, -0.1) is 0 Å². The molecule has 3 nitrogen and oxygen atoms in total. The number of nitriles is 1. The molecule has 0 atom stereocenters. The predicted octanol–water partition coefficient (Wildman–Crippen LogP) is 2.14. The summed E-state index contributed by atoms with van der Waals surface area (Å²) in [6.45, 7) is 0. The second-order valence-electron chi connectivity index (χ2n) is 1.94. The summed E-state index contributed by atoms with van der Waals surface area (Å²) in [6, 6.07) is -0.534. The van der Waals surface area contributed by atoms with Crippen molar-refractivity contribution in [2.75, 3.05) is 0 Å². The van der Waals surface area contributed by atoms with Gasteiger partial charge in [-0.3, -0.25) is 0 Å². The van der Waals surface area contributed by atoms with E-state index in [1.807, 2.05) is 0 Å². The van der Waals surface area contributed by atoms with E-state index in [-0.39, 0.29) is 0 Å². The summed E-state index contributed by atoms with van der Waals surface area (Å²) in [5.74, 6) is 0. The van der Waals surface area contributed by atoms with E-state index in [0.29, 0.717) is 0 Å². The highest BCUT2D eigenvalue weighted by Gasteiger charge is 2.14. The maximum absolute atomic E-state index is 11.1. The number of halogens is 2. The molecule has 0 aliphatic carbocycles. The number of hydrogen-bond donors (Lipinski definition) is 0. The Kier molecular flexibility index (Phi) is 1.81. The highest BCUT2D eigenvalue weighted by Crippen LogP contribution is 2.25. The van der Waals surface area contributed by atoms with Gasteiger partial charge in [0.25, 0.3) is 9.05 Å². The highest BCUT2D eigenvalue weighted by molar-refractivity contribution is 8.13. The lowest BCUT2D eigenvalue weighted by molar-refractivity contribution is 0.609. The average molecular weight is 239 g/mol. The highest BCUT2D eigenvalue weighted by atomic mass is 35.7. The molecule has 0 spiro atoms. The molecule has 1 aromatic rings. The second-order valence-corrected chi connectivity index (χ2v) is 4.82. The van der Waals surface area contributed by atoms with Crippen LogP contribution < -0.4 is 0 Å². The molecule has 1 aromatic carbocycles. The molecular formula is C7H3Cl2NO2S. The Labute approximate surface area is 89.1 Å². The van der Waals surface area contributed by atoms with Crippen LogP contribution in [0.2, 0.25) is 5.02 Å². The van der Waals surface area contributed by atoms with Crippen molar-refractivity contribution in [2.45, 2.75) is 4.90 Å². The maximum Gasteiger partial charge on any atom is 0.262 e. The van der Waals surface area contributed by atoms with Gasteiger partial charge >= 0.3 is 0 Å². The molecule has 0 aliphatic rings. The molecule has 6 heteroatoms. The lowest BCUT2D eigenvalue weighted by Crippen LogP contribution is -1.92. The number of hydrogen-bond acceptors (Lipinski definition) is 3. The van der Waals surface area contributed by atoms with E-state index in [1.54, 1.807) is 0 Å². The SMILES string of the molecule is [2H]c1c([2H])c(C#N)c([2H])c(S(=O)(=O)Cl)c1Cl. The molecule has 0 bridgehead atoms. The first-order valence-corrected chi connectivity index (χ1v) is 5.54. The summed E-state index contributed by atoms with van der Waals surface area (Å²) >= 11 is 5.52. The van der Waals surface area contributed by atoms with Crippen LogP contribution in [0.3, 0.4) is 0 Å². The molecule has 1 rings (SSSR count). The molecular weight excluding hydrogens is 233 g/mol. The zero-order valence-corrected chi connectivity index (χ0v) is 8.26. The summed E-state index contributed by atoms with van der Waals surface area (Å²) in [4.78, 5) is -0.812. The fourth-order valence-electron chi connectivity index (χ4n) is 0.598. The normalized spacial score (nSPS) is 14.1. The Bertz CT molecular complexity index is 609. The molecule has 0 saturated heterocycles. The maximum atomic E-state index is 11.1. The molecule has 0 saturated carbocycles. The van der Waals surface area contributed by atoms with E-state index in [2.05, 4.69) is 0 Å². The Hall–Kier alpha value is -0.760. The average Bonchev–Trinajstić information content (AvgIpc) is 2.13. The molecule has 0 unspecified atom stereocenters. The minimum Gasteiger partial charge on any atom is -0.207 e. The van der Waals surface area contributed by atoms with Crippen LogP contribution in [0, 0.1) is 11.3 Å². The third-order valence-corrected chi connectivity index (χ3v) is 2.74. The van der Waals surface area contributed by atoms with Gasteiger partial charge in [0.15, 0.2) is 0 Å². The molecule has 0 radical (unpaired) electrons. The van der Waals surface area contributed by atoms with E-state index < -0.39 is 42.7 Å². The van der Waals surface area contributed by atoms with Crippen molar-refractivity contribution in [3.63, 3.8) is 0 Å². The van der Waals surface area contributed by atoms with Crippen molar-refractivity contribution in [1.29, 1.82) is 5.26 Å². The minimum absolute atomic E-state index is 0.548. The Morgan fingerprint density at radius 1 is 1.54 bits per heavy atom. The van der Waals surface area contributed by atoms with Gasteiger partial charge in [0, 0.05) is 10.7 Å². The van der Waals surface area contributed by atoms with Gasteiger partial charge in [-0.05, 0) is 18.1 Å². The van der Waals surface area contributed by atoms with Crippen LogP contribution in [0.4, 0.5) is 0 Å². The van der Waals surface area contributed by atoms with E-state index >= 15 is 0 Å². The molecule has 0 amide bonds. The summed E-state index contributed by atoms with van der Waals surface area (Å²) in [5, 5.41) is 8.03. The summed E-state index contributed by atoms with van der Waals surface area (Å²) in [5.41, 5.74) is -0.548. The monoisotopic (exact) mass is 238 g/mol. The fraction of sp³-hybridized carbons (Fsp3) is 0. The third-order valence-electron chi connectivity index (χ3n) is 1.09. The standard InChI is InChI=1S/C7H3Cl2NO2S/c8-6-2-1-5(4-10)3-7(6)13(9,11)12/h1-3H/i1D,2D,3D. The van der Waals surface area contributed by atoms with Gasteiger partial charge < -0.3 is 0 Å². The van der Waals surface area contributed by atoms with Gasteiger partial charge in [-0.2, -0.15) is 5.26 Å². The topological polar surface area (TPSA) is 57.9 Å². The zero-order valence-electron chi connectivity index (χ0n) is 8.93. The first-order chi connectivity index (χ1) is 7.21. The van der Waals surface area contributed by atoms with Crippen LogP contribution in [-0.2, 0) is 9.05 Å². The number of nitrogens with zero attached hydrogens (tertiary/aromatic N) is 1. The van der Waals surface area contributed by atoms with Crippen LogP contribution in [0.1, 0.15) is 9.68 Å². The smallest absolute Gasteiger partial charge is 0.207 e. The number of rotatable bonds is 1. The summed E-state index contributed by atoms with van der Waals surface area (Å²) < 4.78 is 44.3. The molecule has 0 fully saturated rings. The van der Waals surface area contributed by atoms with Crippen molar-refractivity contribution in [3.8, 4) is 6.07 Å². The first-order valence-electron chi connectivity index (χ1n) is 4.35. The van der Waals surface area contributed by atoms with E-state index in [1.165, 1.54) is 6.07 Å². The lowest BCUT2D eigenvalue weighted by Gasteiger charge is -1.98. The predicted molar refractivity (Wildman–Crippen MR) is 49.2 cm³/mol. The Balaban J connectivity index is 3.94. The van der Waals surface area contributed by atoms with E-state index in [4.69, 9.17) is 31.7 Å². The summed E-state index contributed by atoms with van der Waals surface area (Å²) in [7, 11) is 0.698. The first kappa shape index (κ1) is 6.66. The van der Waals surface area contributed by atoms with E-state index in [0.717, 1.165) is 0 Å². The van der Waals surface area contributed by atoms with Crippen LogP contribution in [0.15, 0.2) is 23.0 Å². The molecule has 0 aliphatic heterocycles. The molecule has 68 valence electrons. The zero-order chi connectivity index (χ0) is 12.7. The van der Waals surface area contributed by atoms with Crippen LogP contribution in [-0.4, -0.2) is 8.42 Å².